The number of hydrogen-bond donors (Lipinski definition) is 0. The molecule has 0 spiro atoms. The normalized spacial score (nSPS) is 13.4. The highest BCUT2D eigenvalue weighted by molar-refractivity contribution is 6.11. The third-order valence-corrected chi connectivity index (χ3v) is 4.98. The van der Waals surface area contributed by atoms with Gasteiger partial charge in [-0.1, -0.05) is 32.0 Å². The second kappa shape index (κ2) is 7.53. The number of benzene rings is 2. The molecule has 142 valence electrons. The smallest absolute Gasteiger partial charge is 0.259 e. The Morgan fingerprint density at radius 1 is 1.07 bits per heavy atom. The van der Waals surface area contributed by atoms with Crippen LogP contribution >= 0.6 is 0 Å². The zero-order chi connectivity index (χ0) is 19.7. The van der Waals surface area contributed by atoms with Crippen LogP contribution in [-0.4, -0.2) is 44.4 Å². The lowest BCUT2D eigenvalue weighted by Crippen LogP contribution is -2.35. The molecule has 5 nitrogen and oxygen atoms in total. The first kappa shape index (κ1) is 19.1. The lowest BCUT2D eigenvalue weighted by Gasteiger charge is -2.20. The standard InChI is InChI=1S/C22H27N3O2/c1-15(2)16-6-9-18(10-7-16)25-13-17-8-11-19(12-20(17)22(25)27)24(5)21(26)14-23(3)4/h6-12,15H,13-14H2,1-5H3. The predicted molar refractivity (Wildman–Crippen MR) is 109 cm³/mol. The maximum absolute atomic E-state index is 13.0. The molecule has 0 saturated carbocycles. The van der Waals surface area contributed by atoms with Gasteiger partial charge < -0.3 is 14.7 Å². The number of nitrogens with zero attached hydrogens (tertiary/aromatic N) is 3. The Balaban J connectivity index is 1.82. The van der Waals surface area contributed by atoms with E-state index < -0.39 is 0 Å². The molecule has 2 aromatic rings. The van der Waals surface area contributed by atoms with Crippen LogP contribution in [0.5, 0.6) is 0 Å². The molecule has 2 aromatic carbocycles. The number of hydrogen-bond acceptors (Lipinski definition) is 3. The summed E-state index contributed by atoms with van der Waals surface area (Å²) in [5, 5.41) is 0. The van der Waals surface area contributed by atoms with Crippen molar-refractivity contribution in [2.24, 2.45) is 0 Å². The Kier molecular flexibility index (Phi) is 5.33. The molecular formula is C22H27N3O2. The fraction of sp³-hybridized carbons (Fsp3) is 0.364. The first-order valence-corrected chi connectivity index (χ1v) is 9.24. The van der Waals surface area contributed by atoms with Gasteiger partial charge in [0.15, 0.2) is 0 Å². The molecule has 1 aliphatic heterocycles. The van der Waals surface area contributed by atoms with Crippen molar-refractivity contribution < 1.29 is 9.59 Å². The monoisotopic (exact) mass is 365 g/mol. The van der Waals surface area contributed by atoms with Crippen molar-refractivity contribution in [1.29, 1.82) is 0 Å². The quantitative estimate of drug-likeness (QED) is 0.815. The lowest BCUT2D eigenvalue weighted by molar-refractivity contribution is -0.118. The molecule has 3 rings (SSSR count). The number of carbonyl (C=O) groups is 2. The highest BCUT2D eigenvalue weighted by Gasteiger charge is 2.29. The average molecular weight is 365 g/mol. The van der Waals surface area contributed by atoms with Crippen molar-refractivity contribution in [3.05, 3.63) is 59.2 Å². The molecule has 2 amide bonds. The number of anilines is 2. The predicted octanol–water partition coefficient (Wildman–Crippen LogP) is 3.49. The van der Waals surface area contributed by atoms with Crippen LogP contribution in [0.3, 0.4) is 0 Å². The lowest BCUT2D eigenvalue weighted by atomic mass is 10.0. The van der Waals surface area contributed by atoms with E-state index in [-0.39, 0.29) is 11.8 Å². The Bertz CT molecular complexity index is 856. The minimum Gasteiger partial charge on any atom is -0.314 e. The van der Waals surface area contributed by atoms with Gasteiger partial charge in [-0.15, -0.1) is 0 Å². The van der Waals surface area contributed by atoms with Crippen LogP contribution in [0.25, 0.3) is 0 Å². The van der Waals surface area contributed by atoms with Crippen LogP contribution in [0.2, 0.25) is 0 Å². The second-order valence-corrected chi connectivity index (χ2v) is 7.67. The zero-order valence-corrected chi connectivity index (χ0v) is 16.7. The number of fused-ring (bicyclic) bond motifs is 1. The summed E-state index contributed by atoms with van der Waals surface area (Å²) in [4.78, 5) is 30.5. The highest BCUT2D eigenvalue weighted by atomic mass is 16.2. The van der Waals surface area contributed by atoms with Crippen molar-refractivity contribution in [3.8, 4) is 0 Å². The Labute approximate surface area is 161 Å². The van der Waals surface area contributed by atoms with Crippen molar-refractivity contribution in [1.82, 2.24) is 4.90 Å². The van der Waals surface area contributed by atoms with E-state index in [2.05, 4.69) is 26.0 Å². The molecular weight excluding hydrogens is 338 g/mol. The number of rotatable bonds is 5. The van der Waals surface area contributed by atoms with Gasteiger partial charge in [0.1, 0.15) is 0 Å². The third kappa shape index (κ3) is 3.88. The van der Waals surface area contributed by atoms with E-state index in [1.165, 1.54) is 5.56 Å². The van der Waals surface area contributed by atoms with E-state index in [1.807, 2.05) is 49.3 Å². The summed E-state index contributed by atoms with van der Waals surface area (Å²) in [5.74, 6) is 0.437. The van der Waals surface area contributed by atoms with Gasteiger partial charge in [0, 0.05) is 24.0 Å². The topological polar surface area (TPSA) is 43.9 Å². The van der Waals surface area contributed by atoms with E-state index in [1.54, 1.807) is 16.8 Å². The number of likely N-dealkylation sites (N-methyl/N-ethyl adjacent to an activating group) is 2. The Hall–Kier alpha value is -2.66. The van der Waals surface area contributed by atoms with Gasteiger partial charge in [-0.3, -0.25) is 9.59 Å². The molecule has 27 heavy (non-hydrogen) atoms. The molecule has 0 radical (unpaired) electrons. The van der Waals surface area contributed by atoms with Gasteiger partial charge in [-0.25, -0.2) is 0 Å². The van der Waals surface area contributed by atoms with Crippen molar-refractivity contribution in [2.75, 3.05) is 37.5 Å². The molecule has 0 saturated heterocycles. The van der Waals surface area contributed by atoms with Crippen LogP contribution in [0, 0.1) is 0 Å². The van der Waals surface area contributed by atoms with E-state index in [0.29, 0.717) is 24.6 Å². The van der Waals surface area contributed by atoms with Crippen molar-refractivity contribution in [3.63, 3.8) is 0 Å². The maximum Gasteiger partial charge on any atom is 0.259 e. The van der Waals surface area contributed by atoms with E-state index in [0.717, 1.165) is 16.9 Å². The van der Waals surface area contributed by atoms with Crippen LogP contribution in [0.4, 0.5) is 11.4 Å². The van der Waals surface area contributed by atoms with E-state index >= 15 is 0 Å². The molecule has 0 fully saturated rings. The van der Waals surface area contributed by atoms with E-state index in [9.17, 15) is 9.59 Å². The largest absolute Gasteiger partial charge is 0.314 e. The summed E-state index contributed by atoms with van der Waals surface area (Å²) >= 11 is 0. The van der Waals surface area contributed by atoms with Crippen molar-refractivity contribution >= 4 is 23.2 Å². The van der Waals surface area contributed by atoms with Crippen LogP contribution in [0.1, 0.15) is 41.3 Å². The molecule has 1 aliphatic rings. The zero-order valence-electron chi connectivity index (χ0n) is 16.7. The fourth-order valence-electron chi connectivity index (χ4n) is 3.27. The summed E-state index contributed by atoms with van der Waals surface area (Å²) < 4.78 is 0. The summed E-state index contributed by atoms with van der Waals surface area (Å²) in [6.07, 6.45) is 0. The minimum absolute atomic E-state index is 0.00785. The van der Waals surface area contributed by atoms with E-state index in [4.69, 9.17) is 0 Å². The van der Waals surface area contributed by atoms with Gasteiger partial charge in [0.05, 0.1) is 13.1 Å². The molecule has 1 heterocycles. The summed E-state index contributed by atoms with van der Waals surface area (Å²) in [6, 6.07) is 13.9. The van der Waals surface area contributed by atoms with Crippen molar-refractivity contribution in [2.45, 2.75) is 26.3 Å². The molecule has 5 heteroatoms. The molecule has 0 atom stereocenters. The SMILES string of the molecule is CC(C)c1ccc(N2Cc3ccc(N(C)C(=O)CN(C)C)cc3C2=O)cc1. The highest BCUT2D eigenvalue weighted by Crippen LogP contribution is 2.31. The molecule has 0 aliphatic carbocycles. The van der Waals surface area contributed by atoms with Gasteiger partial charge in [-0.2, -0.15) is 0 Å². The van der Waals surface area contributed by atoms with Crippen LogP contribution in [-0.2, 0) is 11.3 Å². The molecule has 0 unspecified atom stereocenters. The van der Waals surface area contributed by atoms with Gasteiger partial charge in [0.25, 0.3) is 5.91 Å². The summed E-state index contributed by atoms with van der Waals surface area (Å²) in [7, 11) is 5.47. The van der Waals surface area contributed by atoms with Gasteiger partial charge in [-0.05, 0) is 55.4 Å². The molecule has 0 aromatic heterocycles. The molecule has 0 N–H and O–H groups in total. The first-order chi connectivity index (χ1) is 12.8. The summed E-state index contributed by atoms with van der Waals surface area (Å²) in [6.45, 7) is 5.20. The second-order valence-electron chi connectivity index (χ2n) is 7.67. The van der Waals surface area contributed by atoms with Crippen LogP contribution in [0.15, 0.2) is 42.5 Å². The average Bonchev–Trinajstić information content (AvgIpc) is 2.96. The van der Waals surface area contributed by atoms with Crippen LogP contribution < -0.4 is 9.80 Å². The fourth-order valence-corrected chi connectivity index (χ4v) is 3.27. The summed E-state index contributed by atoms with van der Waals surface area (Å²) in [5.41, 5.74) is 4.56. The first-order valence-electron chi connectivity index (χ1n) is 9.24. The minimum atomic E-state index is -0.0161. The number of amides is 2. The third-order valence-electron chi connectivity index (χ3n) is 4.98. The van der Waals surface area contributed by atoms with Gasteiger partial charge in [0.2, 0.25) is 5.91 Å². The molecule has 0 bridgehead atoms. The Morgan fingerprint density at radius 2 is 1.74 bits per heavy atom. The Morgan fingerprint density at radius 3 is 2.33 bits per heavy atom. The maximum atomic E-state index is 13.0. The van der Waals surface area contributed by atoms with Gasteiger partial charge >= 0.3 is 0 Å². The number of carbonyl (C=O) groups excluding carboxylic acids is 2.